The molecule has 44 heavy (non-hydrogen) atoms. The minimum Gasteiger partial charge on any atom is -0.321 e. The highest BCUT2D eigenvalue weighted by Gasteiger charge is 2.73. The van der Waals surface area contributed by atoms with Gasteiger partial charge < -0.3 is 10.2 Å². The van der Waals surface area contributed by atoms with Crippen molar-refractivity contribution in [3.63, 3.8) is 0 Å². The number of nitriles is 1. The number of halogens is 9. The molecule has 0 bridgehead atoms. The van der Waals surface area contributed by atoms with Gasteiger partial charge in [-0.25, -0.2) is 8.78 Å². The molecule has 1 N–H and O–H groups in total. The second kappa shape index (κ2) is 11.8. The van der Waals surface area contributed by atoms with E-state index in [9.17, 15) is 45.6 Å². The van der Waals surface area contributed by atoms with Gasteiger partial charge in [0.05, 0.1) is 28.6 Å². The summed E-state index contributed by atoms with van der Waals surface area (Å²) in [7, 11) is 0. The maximum atomic E-state index is 15.9. The fraction of sp³-hybridized carbons (Fsp3) is 0.300. The van der Waals surface area contributed by atoms with Gasteiger partial charge in [0.15, 0.2) is 5.82 Å². The first-order valence-corrected chi connectivity index (χ1v) is 13.8. The largest absolute Gasteiger partial charge is 0.435 e. The summed E-state index contributed by atoms with van der Waals surface area (Å²) >= 11 is 2.79. The zero-order valence-electron chi connectivity index (χ0n) is 22.9. The Bertz CT molecular complexity index is 1640. The Kier molecular flexibility index (Phi) is 8.85. The van der Waals surface area contributed by atoms with E-state index in [4.69, 9.17) is 0 Å². The average Bonchev–Trinajstić information content (AvgIpc) is 3.76. The molecular weight excluding hydrogens is 666 g/mol. The number of benzene rings is 3. The van der Waals surface area contributed by atoms with Crippen LogP contribution in [0.25, 0.3) is 0 Å². The number of carbonyl (C=O) groups is 2. The molecule has 0 aromatic heterocycles. The van der Waals surface area contributed by atoms with E-state index < -0.39 is 51.3 Å². The number of anilines is 2. The number of nitrogens with one attached hydrogen (secondary N) is 1. The highest BCUT2D eigenvalue weighted by Crippen LogP contribution is 2.54. The highest BCUT2D eigenvalue weighted by molar-refractivity contribution is 9.10. The molecule has 4 rings (SSSR count). The molecule has 0 heterocycles. The molecule has 0 radical (unpaired) electrons. The molecule has 0 aliphatic heterocycles. The Morgan fingerprint density at radius 1 is 0.977 bits per heavy atom. The number of aryl methyl sites for hydroxylation is 2. The molecular formula is C30H22BrF8N3O2. The van der Waals surface area contributed by atoms with Crippen molar-refractivity contribution in [1.82, 2.24) is 0 Å². The van der Waals surface area contributed by atoms with Crippen molar-refractivity contribution < 1.29 is 44.7 Å². The number of nitrogens with zero attached hydrogens (tertiary/aromatic N) is 2. The molecule has 0 saturated heterocycles. The zero-order valence-corrected chi connectivity index (χ0v) is 24.5. The summed E-state index contributed by atoms with van der Waals surface area (Å²) in [6, 6.07) is 10.6. The van der Waals surface area contributed by atoms with Gasteiger partial charge in [-0.2, -0.15) is 31.6 Å². The van der Waals surface area contributed by atoms with Crippen LogP contribution in [0.1, 0.15) is 55.8 Å². The summed E-state index contributed by atoms with van der Waals surface area (Å²) in [5.41, 5.74) is -7.91. The first-order valence-electron chi connectivity index (χ1n) is 13.0. The molecule has 1 aliphatic carbocycles. The van der Waals surface area contributed by atoms with Gasteiger partial charge in [-0.15, -0.1) is 0 Å². The third-order valence-electron chi connectivity index (χ3n) is 7.20. The molecule has 0 atom stereocenters. The summed E-state index contributed by atoms with van der Waals surface area (Å²) in [4.78, 5) is 27.8. The topological polar surface area (TPSA) is 73.2 Å². The van der Waals surface area contributed by atoms with Gasteiger partial charge in [-0.3, -0.25) is 9.59 Å². The van der Waals surface area contributed by atoms with Crippen LogP contribution < -0.4 is 10.2 Å². The summed E-state index contributed by atoms with van der Waals surface area (Å²) < 4.78 is 110. The maximum Gasteiger partial charge on any atom is 0.435 e. The minimum atomic E-state index is -6.34. The molecule has 5 nitrogen and oxygen atoms in total. The number of hydrogen-bond acceptors (Lipinski definition) is 3. The van der Waals surface area contributed by atoms with E-state index in [2.05, 4.69) is 21.2 Å². The van der Waals surface area contributed by atoms with Crippen LogP contribution in [0.2, 0.25) is 0 Å². The number of amides is 2. The van der Waals surface area contributed by atoms with Crippen LogP contribution in [0.4, 0.5) is 46.5 Å². The highest BCUT2D eigenvalue weighted by atomic mass is 79.9. The van der Waals surface area contributed by atoms with Gasteiger partial charge in [0.2, 0.25) is 0 Å². The molecule has 1 fully saturated rings. The lowest BCUT2D eigenvalue weighted by atomic mass is 9.92. The third-order valence-corrected chi connectivity index (χ3v) is 7.82. The van der Waals surface area contributed by atoms with E-state index in [-0.39, 0.29) is 41.0 Å². The SMILES string of the molecule is Cc1cc(C(=O)N(CC2CC2)c2cccc(C(=O)Nc3c(C)cc(C(F)(C(F)(F)F)C(F)(F)F)cc3Br)c2F)ccc1C#N. The lowest BCUT2D eigenvalue weighted by Gasteiger charge is -2.31. The van der Waals surface area contributed by atoms with E-state index in [1.807, 2.05) is 6.07 Å². The van der Waals surface area contributed by atoms with Gasteiger partial charge >= 0.3 is 18.0 Å². The Morgan fingerprint density at radius 3 is 2.14 bits per heavy atom. The maximum absolute atomic E-state index is 15.9. The second-order valence-electron chi connectivity index (χ2n) is 10.4. The molecule has 3 aromatic carbocycles. The Labute approximate surface area is 254 Å². The number of alkyl halides is 7. The van der Waals surface area contributed by atoms with Gasteiger partial charge in [0.25, 0.3) is 11.8 Å². The molecule has 3 aromatic rings. The quantitative estimate of drug-likeness (QED) is 0.253. The van der Waals surface area contributed by atoms with Gasteiger partial charge in [0, 0.05) is 22.1 Å². The van der Waals surface area contributed by atoms with E-state index in [0.29, 0.717) is 17.2 Å². The van der Waals surface area contributed by atoms with Crippen LogP contribution in [0, 0.1) is 36.9 Å². The molecule has 1 saturated carbocycles. The average molecular weight is 688 g/mol. The zero-order chi connectivity index (χ0) is 32.8. The van der Waals surface area contributed by atoms with Crippen molar-refractivity contribution in [2.24, 2.45) is 5.92 Å². The van der Waals surface area contributed by atoms with Crippen LogP contribution in [0.5, 0.6) is 0 Å². The molecule has 14 heteroatoms. The third kappa shape index (κ3) is 6.15. The predicted octanol–water partition coefficient (Wildman–Crippen LogP) is 8.68. The van der Waals surface area contributed by atoms with Crippen molar-refractivity contribution in [2.75, 3.05) is 16.8 Å². The number of rotatable bonds is 7. The predicted molar refractivity (Wildman–Crippen MR) is 148 cm³/mol. The summed E-state index contributed by atoms with van der Waals surface area (Å²) in [5, 5.41) is 11.4. The van der Waals surface area contributed by atoms with E-state index in [1.165, 1.54) is 35.2 Å². The van der Waals surface area contributed by atoms with Gasteiger partial charge in [-0.1, -0.05) is 12.1 Å². The van der Waals surface area contributed by atoms with Crippen LogP contribution in [-0.2, 0) is 5.67 Å². The van der Waals surface area contributed by atoms with E-state index >= 15 is 4.39 Å². The van der Waals surface area contributed by atoms with Crippen molar-refractivity contribution in [1.29, 1.82) is 5.26 Å². The molecule has 2 amide bonds. The van der Waals surface area contributed by atoms with Crippen molar-refractivity contribution in [3.8, 4) is 6.07 Å². The summed E-state index contributed by atoms with van der Waals surface area (Å²) in [6.45, 7) is 2.81. The van der Waals surface area contributed by atoms with E-state index in [1.54, 1.807) is 6.92 Å². The minimum absolute atomic E-state index is 0.0865. The summed E-state index contributed by atoms with van der Waals surface area (Å²) in [5.74, 6) is -2.73. The smallest absolute Gasteiger partial charge is 0.321 e. The Balaban J connectivity index is 1.69. The second-order valence-corrected chi connectivity index (χ2v) is 11.3. The van der Waals surface area contributed by atoms with Crippen molar-refractivity contribution >= 4 is 39.1 Å². The normalized spacial score (nSPS) is 13.8. The molecule has 0 spiro atoms. The van der Waals surface area contributed by atoms with Crippen LogP contribution in [0.15, 0.2) is 53.0 Å². The van der Waals surface area contributed by atoms with Crippen LogP contribution in [0.3, 0.4) is 0 Å². The standard InChI is InChI=1S/C30H22BrF8N3O2/c1-15-10-18(8-9-19(15)13-40)27(44)42(14-17-6-7-17)23-5-3-4-21(24(23)32)26(43)41-25-16(2)11-20(12-22(25)31)28(33,29(34,35)36)30(37,38)39/h3-5,8-12,17H,6-7,14H2,1-2H3,(H,41,43). The van der Waals surface area contributed by atoms with Crippen LogP contribution >= 0.6 is 15.9 Å². The Hall–Kier alpha value is -3.99. The van der Waals surface area contributed by atoms with Crippen molar-refractivity contribution in [3.05, 3.63) is 92.2 Å². The fourth-order valence-electron chi connectivity index (χ4n) is 4.60. The Morgan fingerprint density at radius 2 is 1.61 bits per heavy atom. The number of carbonyl (C=O) groups excluding carboxylic acids is 2. The number of hydrogen-bond donors (Lipinski definition) is 1. The lowest BCUT2D eigenvalue weighted by Crippen LogP contribution is -2.50. The van der Waals surface area contributed by atoms with Crippen molar-refractivity contribution in [2.45, 2.75) is 44.7 Å². The summed E-state index contributed by atoms with van der Waals surface area (Å²) in [6.07, 6.45) is -11.1. The molecule has 0 unspecified atom stereocenters. The van der Waals surface area contributed by atoms with E-state index in [0.717, 1.165) is 25.8 Å². The molecule has 1 aliphatic rings. The fourth-order valence-corrected chi connectivity index (χ4v) is 5.26. The monoisotopic (exact) mass is 687 g/mol. The van der Waals surface area contributed by atoms with Gasteiger partial charge in [-0.05, 0) is 96.1 Å². The van der Waals surface area contributed by atoms with Gasteiger partial charge in [0.1, 0.15) is 0 Å². The first-order chi connectivity index (χ1) is 20.4. The lowest BCUT2D eigenvalue weighted by molar-refractivity contribution is -0.348. The van der Waals surface area contributed by atoms with Crippen LogP contribution in [-0.4, -0.2) is 30.7 Å². The first kappa shape index (κ1) is 32.9. The molecule has 232 valence electrons.